The maximum Gasteiger partial charge on any atom is 0.229 e. The highest BCUT2D eigenvalue weighted by Gasteiger charge is 2.25. The third-order valence-corrected chi connectivity index (χ3v) is 4.64. The molecule has 6 nitrogen and oxygen atoms in total. The van der Waals surface area contributed by atoms with Crippen molar-refractivity contribution >= 4 is 29.1 Å². The van der Waals surface area contributed by atoms with Crippen molar-refractivity contribution in [2.24, 2.45) is 4.99 Å². The number of rotatable bonds is 5. The molecule has 1 aliphatic heterocycles. The van der Waals surface area contributed by atoms with Gasteiger partial charge in [-0.3, -0.25) is 19.5 Å². The average molecular weight is 322 g/mol. The number of nitrogens with one attached hydrogen (secondary N) is 2. The summed E-state index contributed by atoms with van der Waals surface area (Å²) < 4.78 is 0. The molecule has 0 aromatic carbocycles. The molecule has 2 N–H and O–H groups in total. The maximum atomic E-state index is 11.7. The molecular formula is C15H22N4O2S. The Morgan fingerprint density at radius 3 is 2.64 bits per heavy atom. The second-order valence-corrected chi connectivity index (χ2v) is 6.17. The van der Waals surface area contributed by atoms with Gasteiger partial charge in [-0.1, -0.05) is 0 Å². The molecule has 1 aromatic heterocycles. The molecule has 0 saturated carbocycles. The lowest BCUT2D eigenvalue weighted by molar-refractivity contribution is -0.147. The number of carbonyl (C=O) groups excluding carboxylic acids is 2. The van der Waals surface area contributed by atoms with Gasteiger partial charge in [0.1, 0.15) is 0 Å². The Kier molecular flexibility index (Phi) is 5.94. The summed E-state index contributed by atoms with van der Waals surface area (Å²) in [6, 6.07) is 2.09. The van der Waals surface area contributed by atoms with Crippen LogP contribution in [0, 0.1) is 6.92 Å². The first-order valence-corrected chi connectivity index (χ1v) is 8.30. The van der Waals surface area contributed by atoms with Gasteiger partial charge < -0.3 is 10.6 Å². The Labute approximate surface area is 134 Å². The number of carbonyl (C=O) groups is 2. The second kappa shape index (κ2) is 7.93. The fourth-order valence-corrected chi connectivity index (χ4v) is 3.15. The fraction of sp³-hybridized carbons (Fsp3) is 0.533. The Morgan fingerprint density at radius 1 is 1.32 bits per heavy atom. The first kappa shape index (κ1) is 16.5. The third kappa shape index (κ3) is 4.30. The van der Waals surface area contributed by atoms with Crippen LogP contribution < -0.4 is 10.6 Å². The van der Waals surface area contributed by atoms with E-state index < -0.39 is 0 Å². The van der Waals surface area contributed by atoms with Crippen LogP contribution in [-0.4, -0.2) is 42.8 Å². The topological polar surface area (TPSA) is 73.8 Å². The first-order valence-electron chi connectivity index (χ1n) is 7.42. The summed E-state index contributed by atoms with van der Waals surface area (Å²) in [5.41, 5.74) is 1.26. The summed E-state index contributed by atoms with van der Waals surface area (Å²) in [6.07, 6.45) is 1.61. The molecule has 0 aliphatic carbocycles. The van der Waals surface area contributed by atoms with E-state index in [1.54, 1.807) is 18.4 Å². The van der Waals surface area contributed by atoms with Crippen molar-refractivity contribution in [1.29, 1.82) is 0 Å². The fourth-order valence-electron chi connectivity index (χ4n) is 2.31. The second-order valence-electron chi connectivity index (χ2n) is 5.17. The van der Waals surface area contributed by atoms with Gasteiger partial charge in [0.15, 0.2) is 5.96 Å². The van der Waals surface area contributed by atoms with Crippen LogP contribution >= 0.6 is 11.3 Å². The number of piperidine rings is 1. The molecule has 1 fully saturated rings. The summed E-state index contributed by atoms with van der Waals surface area (Å²) in [4.78, 5) is 30.2. The average Bonchev–Trinajstić information content (AvgIpc) is 2.90. The number of aliphatic imine (C=N–C) groups is 1. The molecule has 2 amide bonds. The SMILES string of the molecule is CN=C(NCCN1C(=O)CCCC1=O)NCc1sccc1C. The zero-order chi connectivity index (χ0) is 15.9. The van der Waals surface area contributed by atoms with E-state index in [4.69, 9.17) is 0 Å². The molecule has 2 heterocycles. The van der Waals surface area contributed by atoms with Crippen LogP contribution in [0.15, 0.2) is 16.4 Å². The molecule has 1 saturated heterocycles. The van der Waals surface area contributed by atoms with Gasteiger partial charge in [-0.2, -0.15) is 0 Å². The number of guanidine groups is 1. The van der Waals surface area contributed by atoms with Crippen LogP contribution in [0.25, 0.3) is 0 Å². The minimum atomic E-state index is -0.0739. The van der Waals surface area contributed by atoms with E-state index in [1.165, 1.54) is 15.3 Å². The number of nitrogens with zero attached hydrogens (tertiary/aromatic N) is 2. The highest BCUT2D eigenvalue weighted by molar-refractivity contribution is 7.10. The number of hydrogen-bond donors (Lipinski definition) is 2. The van der Waals surface area contributed by atoms with Crippen molar-refractivity contribution in [2.75, 3.05) is 20.1 Å². The van der Waals surface area contributed by atoms with Crippen molar-refractivity contribution in [3.05, 3.63) is 21.9 Å². The molecule has 2 rings (SSSR count). The molecule has 0 bridgehead atoms. The standard InChI is InChI=1S/C15H22N4O2S/c1-11-6-9-22-12(11)10-18-15(16-2)17-7-8-19-13(20)4-3-5-14(19)21/h6,9H,3-5,7-8,10H2,1-2H3,(H2,16,17,18). The van der Waals surface area contributed by atoms with E-state index in [1.807, 2.05) is 0 Å². The quantitative estimate of drug-likeness (QED) is 0.486. The predicted octanol–water partition coefficient (Wildman–Crippen LogP) is 1.26. The molecule has 22 heavy (non-hydrogen) atoms. The number of imide groups is 1. The van der Waals surface area contributed by atoms with Gasteiger partial charge in [0.2, 0.25) is 11.8 Å². The van der Waals surface area contributed by atoms with E-state index in [-0.39, 0.29) is 11.8 Å². The summed E-state index contributed by atoms with van der Waals surface area (Å²) in [5.74, 6) is 0.523. The van der Waals surface area contributed by atoms with Crippen LogP contribution in [0.5, 0.6) is 0 Å². The maximum absolute atomic E-state index is 11.7. The van der Waals surface area contributed by atoms with Crippen LogP contribution in [0.2, 0.25) is 0 Å². The van der Waals surface area contributed by atoms with Gasteiger partial charge in [-0.25, -0.2) is 0 Å². The molecule has 0 unspecified atom stereocenters. The Bertz CT molecular complexity index is 552. The van der Waals surface area contributed by atoms with Crippen LogP contribution in [-0.2, 0) is 16.1 Å². The van der Waals surface area contributed by atoms with Gasteiger partial charge in [-0.15, -0.1) is 11.3 Å². The van der Waals surface area contributed by atoms with Crippen molar-refractivity contribution < 1.29 is 9.59 Å². The number of likely N-dealkylation sites (tertiary alicyclic amines) is 1. The van der Waals surface area contributed by atoms with E-state index in [0.29, 0.717) is 44.9 Å². The third-order valence-electron chi connectivity index (χ3n) is 3.62. The molecule has 0 radical (unpaired) electrons. The molecule has 7 heteroatoms. The Hall–Kier alpha value is -1.89. The Morgan fingerprint density at radius 2 is 2.05 bits per heavy atom. The van der Waals surface area contributed by atoms with Crippen molar-refractivity contribution in [2.45, 2.75) is 32.7 Å². The summed E-state index contributed by atoms with van der Waals surface area (Å²) in [5, 5.41) is 8.44. The van der Waals surface area contributed by atoms with Crippen LogP contribution in [0.3, 0.4) is 0 Å². The van der Waals surface area contributed by atoms with Gasteiger partial charge in [0, 0.05) is 37.9 Å². The zero-order valence-electron chi connectivity index (χ0n) is 13.0. The monoisotopic (exact) mass is 322 g/mol. The number of aryl methyl sites for hydroxylation is 1. The van der Waals surface area contributed by atoms with Crippen LogP contribution in [0.1, 0.15) is 29.7 Å². The smallest absolute Gasteiger partial charge is 0.229 e. The highest BCUT2D eigenvalue weighted by atomic mass is 32.1. The summed E-state index contributed by atoms with van der Waals surface area (Å²) >= 11 is 1.71. The lowest BCUT2D eigenvalue weighted by Crippen LogP contribution is -2.46. The molecule has 1 aliphatic rings. The van der Waals surface area contributed by atoms with Crippen molar-refractivity contribution in [3.63, 3.8) is 0 Å². The number of amides is 2. The van der Waals surface area contributed by atoms with Gasteiger partial charge in [0.25, 0.3) is 0 Å². The van der Waals surface area contributed by atoms with E-state index in [2.05, 4.69) is 34.0 Å². The van der Waals surface area contributed by atoms with E-state index in [9.17, 15) is 9.59 Å². The summed E-state index contributed by atoms with van der Waals surface area (Å²) in [7, 11) is 1.70. The number of thiophene rings is 1. The molecular weight excluding hydrogens is 300 g/mol. The van der Waals surface area contributed by atoms with E-state index in [0.717, 1.165) is 0 Å². The van der Waals surface area contributed by atoms with Gasteiger partial charge >= 0.3 is 0 Å². The van der Waals surface area contributed by atoms with Gasteiger partial charge in [0.05, 0.1) is 6.54 Å². The highest BCUT2D eigenvalue weighted by Crippen LogP contribution is 2.14. The van der Waals surface area contributed by atoms with Crippen molar-refractivity contribution in [3.8, 4) is 0 Å². The zero-order valence-corrected chi connectivity index (χ0v) is 13.8. The lowest BCUT2D eigenvalue weighted by Gasteiger charge is -2.25. The van der Waals surface area contributed by atoms with Gasteiger partial charge in [-0.05, 0) is 30.4 Å². The molecule has 0 spiro atoms. The lowest BCUT2D eigenvalue weighted by atomic mass is 10.1. The van der Waals surface area contributed by atoms with Crippen molar-refractivity contribution in [1.82, 2.24) is 15.5 Å². The molecule has 120 valence electrons. The van der Waals surface area contributed by atoms with E-state index >= 15 is 0 Å². The largest absolute Gasteiger partial charge is 0.355 e. The normalized spacial score (nSPS) is 16.1. The molecule has 1 aromatic rings. The first-order chi connectivity index (χ1) is 10.6. The Balaban J connectivity index is 1.75. The number of hydrogen-bond acceptors (Lipinski definition) is 4. The minimum Gasteiger partial charge on any atom is -0.355 e. The summed E-state index contributed by atoms with van der Waals surface area (Å²) in [6.45, 7) is 3.68. The predicted molar refractivity (Wildman–Crippen MR) is 87.8 cm³/mol. The minimum absolute atomic E-state index is 0.0739. The van der Waals surface area contributed by atoms with Crippen LogP contribution in [0.4, 0.5) is 0 Å². The molecule has 0 atom stereocenters.